The number of amidine groups is 1. The topological polar surface area (TPSA) is 216 Å². The van der Waals surface area contributed by atoms with Crippen molar-refractivity contribution < 1.29 is 37.4 Å². The number of aromatic nitrogens is 2. The SMILES string of the molecule is CC(C)(C)C(=O)SCCOP(=O)(CCC[C@H]1O[C@@H](c2cnc(/C(N)=N\C(=N)N)[nH]2)[C@](C)(F)[C@@H]1O)OCCSC(=O)C(C)(C)C. The highest BCUT2D eigenvalue weighted by atomic mass is 32.2. The Bertz CT molecular complexity index is 1210. The quantitative estimate of drug-likeness (QED) is 0.0810. The number of carbonyl (C=O) groups is 2. The Morgan fingerprint density at radius 2 is 1.68 bits per heavy atom. The lowest BCUT2D eigenvalue weighted by molar-refractivity contribution is -0.118. The second-order valence-corrected chi connectivity index (χ2v) is 17.0. The van der Waals surface area contributed by atoms with Gasteiger partial charge in [-0.05, 0) is 19.8 Å². The van der Waals surface area contributed by atoms with Crippen LogP contribution in [0.3, 0.4) is 0 Å². The molecule has 0 bridgehead atoms. The van der Waals surface area contributed by atoms with E-state index in [-0.39, 0.29) is 71.3 Å². The van der Waals surface area contributed by atoms with Gasteiger partial charge in [-0.1, -0.05) is 65.1 Å². The molecule has 1 saturated heterocycles. The van der Waals surface area contributed by atoms with Crippen LogP contribution < -0.4 is 11.5 Å². The summed E-state index contributed by atoms with van der Waals surface area (Å²) in [5.41, 5.74) is 7.93. The number of carbonyl (C=O) groups excluding carboxylic acids is 2. The van der Waals surface area contributed by atoms with Gasteiger partial charge in [-0.2, -0.15) is 4.99 Å². The van der Waals surface area contributed by atoms with E-state index < -0.39 is 48.4 Å². The highest BCUT2D eigenvalue weighted by Crippen LogP contribution is 2.50. The number of nitrogens with zero attached hydrogens (tertiary/aromatic N) is 2. The fourth-order valence-electron chi connectivity index (χ4n) is 3.99. The van der Waals surface area contributed by atoms with Crippen molar-refractivity contribution in [2.75, 3.05) is 30.9 Å². The number of H-pyrrole nitrogens is 1. The predicted molar refractivity (Wildman–Crippen MR) is 172 cm³/mol. The lowest BCUT2D eigenvalue weighted by Gasteiger charge is -2.23. The van der Waals surface area contributed by atoms with E-state index >= 15 is 4.39 Å². The van der Waals surface area contributed by atoms with Crippen molar-refractivity contribution in [2.24, 2.45) is 27.3 Å². The summed E-state index contributed by atoms with van der Waals surface area (Å²) in [4.78, 5) is 34.9. The van der Waals surface area contributed by atoms with Gasteiger partial charge in [-0.25, -0.2) is 9.37 Å². The fourth-order valence-corrected chi connectivity index (χ4v) is 7.45. The Morgan fingerprint density at radius 1 is 1.16 bits per heavy atom. The van der Waals surface area contributed by atoms with Crippen molar-refractivity contribution in [3.8, 4) is 0 Å². The maximum atomic E-state index is 15.7. The van der Waals surface area contributed by atoms with Crippen LogP contribution in [0, 0.1) is 16.2 Å². The Labute approximate surface area is 266 Å². The largest absolute Gasteiger partial charge is 0.387 e. The Balaban J connectivity index is 2.03. The summed E-state index contributed by atoms with van der Waals surface area (Å²) in [6.45, 7) is 12.1. The predicted octanol–water partition coefficient (Wildman–Crippen LogP) is 4.16. The summed E-state index contributed by atoms with van der Waals surface area (Å²) >= 11 is 2.17. The molecule has 1 aromatic rings. The van der Waals surface area contributed by atoms with Gasteiger partial charge < -0.3 is 35.3 Å². The molecule has 13 nitrogen and oxygen atoms in total. The zero-order valence-electron chi connectivity index (χ0n) is 26.3. The maximum absolute atomic E-state index is 15.7. The number of guanidine groups is 1. The Morgan fingerprint density at radius 3 is 2.16 bits per heavy atom. The first kappa shape index (κ1) is 38.4. The van der Waals surface area contributed by atoms with Crippen molar-refractivity contribution in [3.05, 3.63) is 17.7 Å². The minimum absolute atomic E-state index is 0.00320. The van der Waals surface area contributed by atoms with Gasteiger partial charge in [-0.3, -0.25) is 19.6 Å². The molecule has 0 saturated carbocycles. The maximum Gasteiger partial charge on any atom is 0.330 e. The number of alkyl halides is 1. The first-order valence-electron chi connectivity index (χ1n) is 14.2. The standard InChI is InChI=1S/C27H46FN6O7PS2/c1-25(2,3)22(36)43-13-10-39-42(38,40-11-14-44-23(37)26(4,5)6)12-8-9-17-18(35)27(7,28)19(41-17)16-15-32-21(33-16)20(29)34-24(30)31/h15,17-19,35H,8-14H2,1-7H3,(H,32,33)(H5,29,30,31,34)/t17-,18-,19+,27-/m1/s1. The number of imidazole rings is 1. The summed E-state index contributed by atoms with van der Waals surface area (Å²) < 4.78 is 46.6. The average Bonchev–Trinajstić information content (AvgIpc) is 3.46. The number of rotatable bonds is 14. The summed E-state index contributed by atoms with van der Waals surface area (Å²) in [6.07, 6.45) is -2.08. The van der Waals surface area contributed by atoms with E-state index in [0.29, 0.717) is 0 Å². The molecule has 1 aliphatic heterocycles. The van der Waals surface area contributed by atoms with E-state index in [0.717, 1.165) is 23.5 Å². The Kier molecular flexibility index (Phi) is 13.7. The molecule has 1 aliphatic rings. The molecule has 17 heteroatoms. The Hall–Kier alpha value is -1.81. The number of aliphatic imine (C=N–C) groups is 1. The normalized spacial score (nSPS) is 23.2. The second-order valence-electron chi connectivity index (χ2n) is 12.6. The van der Waals surface area contributed by atoms with Crippen molar-refractivity contribution in [3.63, 3.8) is 0 Å². The number of nitrogens with one attached hydrogen (secondary N) is 2. The summed E-state index contributed by atoms with van der Waals surface area (Å²) in [5.74, 6) is -0.0743. The number of aliphatic hydroxyl groups excluding tert-OH is 1. The first-order valence-corrected chi connectivity index (χ1v) is 17.9. The molecule has 2 rings (SSSR count). The molecular weight excluding hydrogens is 634 g/mol. The van der Waals surface area contributed by atoms with Crippen LogP contribution in [0.4, 0.5) is 4.39 Å². The third-order valence-corrected chi connectivity index (χ3v) is 11.0. The number of hydrogen-bond donors (Lipinski definition) is 5. The third-order valence-electron chi connectivity index (χ3n) is 6.47. The van der Waals surface area contributed by atoms with Crippen LogP contribution in [0.15, 0.2) is 11.2 Å². The van der Waals surface area contributed by atoms with Crippen LogP contribution in [-0.2, 0) is 27.9 Å². The molecule has 44 heavy (non-hydrogen) atoms. The second kappa shape index (κ2) is 15.7. The zero-order valence-corrected chi connectivity index (χ0v) is 28.9. The lowest BCUT2D eigenvalue weighted by Crippen LogP contribution is -2.38. The number of aliphatic hydroxyl groups is 1. The van der Waals surface area contributed by atoms with E-state index in [4.69, 9.17) is 30.7 Å². The van der Waals surface area contributed by atoms with E-state index in [1.807, 2.05) is 41.5 Å². The smallest absolute Gasteiger partial charge is 0.330 e. The monoisotopic (exact) mass is 680 g/mol. The number of thioether (sulfide) groups is 2. The van der Waals surface area contributed by atoms with Crippen molar-refractivity contribution in [1.29, 1.82) is 5.41 Å². The van der Waals surface area contributed by atoms with Crippen LogP contribution in [0.2, 0.25) is 0 Å². The van der Waals surface area contributed by atoms with Gasteiger partial charge in [0, 0.05) is 22.3 Å². The van der Waals surface area contributed by atoms with E-state index in [1.54, 1.807) is 0 Å². The molecule has 0 aromatic carbocycles. The van der Waals surface area contributed by atoms with Gasteiger partial charge in [0.1, 0.15) is 12.2 Å². The molecular formula is C27H46FN6O7PS2. The summed E-state index contributed by atoms with van der Waals surface area (Å²) in [6, 6.07) is 0. The molecule has 1 fully saturated rings. The molecule has 0 aliphatic carbocycles. The van der Waals surface area contributed by atoms with Crippen LogP contribution in [0.25, 0.3) is 0 Å². The molecule has 0 spiro atoms. The summed E-state index contributed by atoms with van der Waals surface area (Å²) in [5, 5.41) is 17.9. The highest BCUT2D eigenvalue weighted by Gasteiger charge is 2.55. The highest BCUT2D eigenvalue weighted by molar-refractivity contribution is 8.14. The lowest BCUT2D eigenvalue weighted by atomic mass is 9.92. The van der Waals surface area contributed by atoms with Crippen LogP contribution >= 0.6 is 31.1 Å². The van der Waals surface area contributed by atoms with Crippen LogP contribution in [0.1, 0.15) is 78.9 Å². The van der Waals surface area contributed by atoms with Crippen LogP contribution in [0.5, 0.6) is 0 Å². The van der Waals surface area contributed by atoms with Gasteiger partial charge in [0.25, 0.3) is 0 Å². The van der Waals surface area contributed by atoms with Crippen molar-refractivity contribution >= 4 is 53.1 Å². The molecule has 250 valence electrons. The summed E-state index contributed by atoms with van der Waals surface area (Å²) in [7, 11) is -3.67. The van der Waals surface area contributed by atoms with Gasteiger partial charge in [-0.15, -0.1) is 0 Å². The molecule has 7 N–H and O–H groups in total. The fraction of sp³-hybridized carbons (Fsp3) is 0.741. The average molecular weight is 681 g/mol. The molecule has 0 radical (unpaired) electrons. The first-order chi connectivity index (χ1) is 20.2. The number of aromatic amines is 1. The van der Waals surface area contributed by atoms with Crippen LogP contribution in [-0.4, -0.2) is 85.9 Å². The molecule has 0 unspecified atom stereocenters. The van der Waals surface area contributed by atoms with E-state index in [1.165, 1.54) is 13.1 Å². The van der Waals surface area contributed by atoms with E-state index in [2.05, 4.69) is 15.0 Å². The zero-order chi connectivity index (χ0) is 33.5. The van der Waals surface area contributed by atoms with E-state index in [9.17, 15) is 19.3 Å². The van der Waals surface area contributed by atoms with Gasteiger partial charge in [0.15, 0.2) is 27.6 Å². The minimum atomic E-state index is -3.67. The van der Waals surface area contributed by atoms with Gasteiger partial charge >= 0.3 is 7.60 Å². The number of nitrogens with two attached hydrogens (primary N) is 2. The molecule has 4 atom stereocenters. The van der Waals surface area contributed by atoms with Crippen molar-refractivity contribution in [1.82, 2.24) is 9.97 Å². The molecule has 0 amide bonds. The van der Waals surface area contributed by atoms with Gasteiger partial charge in [0.2, 0.25) is 5.96 Å². The molecule has 1 aromatic heterocycles. The molecule has 2 heterocycles. The van der Waals surface area contributed by atoms with Crippen molar-refractivity contribution in [2.45, 2.75) is 85.3 Å². The number of halogens is 1. The third kappa shape index (κ3) is 11.2. The van der Waals surface area contributed by atoms with Gasteiger partial charge in [0.05, 0.1) is 37.4 Å². The number of ether oxygens (including phenoxy) is 1. The number of hydrogen-bond acceptors (Lipinski definition) is 11. The minimum Gasteiger partial charge on any atom is -0.387 e.